The molecule has 1 fully saturated rings. The van der Waals surface area contributed by atoms with Crippen molar-refractivity contribution in [1.82, 2.24) is 14.3 Å². The number of carbonyl (C=O) groups excluding carboxylic acids is 1. The minimum absolute atomic E-state index is 0.0307. The summed E-state index contributed by atoms with van der Waals surface area (Å²) >= 11 is 0. The van der Waals surface area contributed by atoms with Crippen LogP contribution in [0.15, 0.2) is 24.4 Å². The van der Waals surface area contributed by atoms with Crippen LogP contribution in [-0.2, 0) is 11.3 Å². The van der Waals surface area contributed by atoms with Gasteiger partial charge in [-0.2, -0.15) is 4.40 Å². The Morgan fingerprint density at radius 1 is 1.38 bits per heavy atom. The molecule has 7 heteroatoms. The number of carbonyl (C=O) groups is 1. The van der Waals surface area contributed by atoms with Gasteiger partial charge in [-0.25, -0.2) is 4.98 Å². The van der Waals surface area contributed by atoms with Crippen LogP contribution in [0.4, 0.5) is 5.82 Å². The van der Waals surface area contributed by atoms with Gasteiger partial charge < -0.3 is 14.9 Å². The van der Waals surface area contributed by atoms with Crippen molar-refractivity contribution in [2.75, 3.05) is 13.1 Å². The van der Waals surface area contributed by atoms with Gasteiger partial charge in [0.2, 0.25) is 5.65 Å². The number of imidazole rings is 1. The van der Waals surface area contributed by atoms with Crippen LogP contribution in [0.3, 0.4) is 0 Å². The van der Waals surface area contributed by atoms with Crippen molar-refractivity contribution in [2.45, 2.75) is 19.4 Å². The maximum absolute atomic E-state index is 11.3. The molecular weight excluding hydrogens is 272 g/mol. The van der Waals surface area contributed by atoms with Crippen LogP contribution in [0.25, 0.3) is 5.65 Å². The van der Waals surface area contributed by atoms with Crippen LogP contribution in [0, 0.1) is 16.0 Å². The predicted octanol–water partition coefficient (Wildman–Crippen LogP) is 1.65. The summed E-state index contributed by atoms with van der Waals surface area (Å²) in [6.45, 7) is 1.99. The summed E-state index contributed by atoms with van der Waals surface area (Å²) in [4.78, 5) is 28.2. The van der Waals surface area contributed by atoms with Gasteiger partial charge in [0.05, 0.1) is 6.20 Å². The Labute approximate surface area is 121 Å². The molecule has 0 aromatic carbocycles. The number of likely N-dealkylation sites (tertiary alicyclic amines) is 1. The summed E-state index contributed by atoms with van der Waals surface area (Å²) in [6, 6.07) is 5.32. The summed E-state index contributed by atoms with van der Waals surface area (Å²) in [5, 5.41) is 11.3. The van der Waals surface area contributed by atoms with E-state index in [9.17, 15) is 14.9 Å². The van der Waals surface area contributed by atoms with Gasteiger partial charge in [0.25, 0.3) is 0 Å². The molecule has 3 rings (SSSR count). The lowest BCUT2D eigenvalue weighted by Crippen LogP contribution is -2.33. The molecule has 7 nitrogen and oxygen atoms in total. The van der Waals surface area contributed by atoms with E-state index in [1.807, 2.05) is 6.07 Å². The summed E-state index contributed by atoms with van der Waals surface area (Å²) in [7, 11) is 0. The number of nitro groups is 1. The van der Waals surface area contributed by atoms with Crippen LogP contribution in [0.1, 0.15) is 18.5 Å². The van der Waals surface area contributed by atoms with Gasteiger partial charge in [-0.05, 0) is 36.9 Å². The zero-order valence-corrected chi connectivity index (χ0v) is 11.5. The average Bonchev–Trinajstić information content (AvgIpc) is 2.86. The third-order valence-corrected chi connectivity index (χ3v) is 3.95. The lowest BCUT2D eigenvalue weighted by Gasteiger charge is -2.28. The van der Waals surface area contributed by atoms with Crippen LogP contribution in [0.2, 0.25) is 0 Å². The molecule has 1 aliphatic rings. The Morgan fingerprint density at radius 2 is 2.14 bits per heavy atom. The van der Waals surface area contributed by atoms with Crippen molar-refractivity contribution in [3.63, 3.8) is 0 Å². The second-order valence-electron chi connectivity index (χ2n) is 5.32. The summed E-state index contributed by atoms with van der Waals surface area (Å²) < 4.78 is 1.51. The molecule has 110 valence electrons. The molecule has 0 bridgehead atoms. The van der Waals surface area contributed by atoms with Crippen molar-refractivity contribution in [2.24, 2.45) is 5.92 Å². The van der Waals surface area contributed by atoms with Gasteiger partial charge in [-0.3, -0.25) is 4.90 Å². The molecule has 2 aromatic heterocycles. The SMILES string of the molecule is O=CC1CCN(Cc2nc3ccccn3c2[N+](=O)[O-])CC1. The first-order chi connectivity index (χ1) is 10.2. The van der Waals surface area contributed by atoms with Crippen molar-refractivity contribution >= 4 is 17.8 Å². The highest BCUT2D eigenvalue weighted by Crippen LogP contribution is 2.24. The van der Waals surface area contributed by atoms with E-state index in [0.29, 0.717) is 17.9 Å². The molecule has 3 heterocycles. The van der Waals surface area contributed by atoms with E-state index in [1.54, 1.807) is 18.3 Å². The molecule has 1 saturated heterocycles. The van der Waals surface area contributed by atoms with E-state index in [0.717, 1.165) is 32.2 Å². The summed E-state index contributed by atoms with van der Waals surface area (Å²) in [5.74, 6) is 0.153. The third-order valence-electron chi connectivity index (χ3n) is 3.95. The van der Waals surface area contributed by atoms with Crippen molar-refractivity contribution in [3.8, 4) is 0 Å². The van der Waals surface area contributed by atoms with Crippen molar-refractivity contribution in [1.29, 1.82) is 0 Å². The molecule has 0 unspecified atom stereocenters. The minimum atomic E-state index is -0.381. The smallest absolute Gasteiger partial charge is 0.352 e. The number of hydrogen-bond acceptors (Lipinski definition) is 5. The van der Waals surface area contributed by atoms with E-state index in [-0.39, 0.29) is 16.7 Å². The molecule has 0 N–H and O–H groups in total. The molecular formula is C14H16N4O3. The highest BCUT2D eigenvalue weighted by molar-refractivity contribution is 5.53. The van der Waals surface area contributed by atoms with E-state index in [1.165, 1.54) is 4.40 Å². The molecule has 0 amide bonds. The van der Waals surface area contributed by atoms with Crippen LogP contribution >= 0.6 is 0 Å². The van der Waals surface area contributed by atoms with Crippen LogP contribution in [0.5, 0.6) is 0 Å². The molecule has 1 aliphatic heterocycles. The van der Waals surface area contributed by atoms with E-state index in [4.69, 9.17) is 0 Å². The minimum Gasteiger partial charge on any atom is -0.358 e. The Bertz CT molecular complexity index is 674. The number of hydrogen-bond donors (Lipinski definition) is 0. The molecule has 2 aromatic rings. The number of piperidine rings is 1. The standard InChI is InChI=1S/C14H16N4O3/c19-10-11-4-7-16(8-5-11)9-12-14(18(20)21)17-6-2-1-3-13(17)15-12/h1-3,6,10-11H,4-5,7-9H2. The number of fused-ring (bicyclic) bond motifs is 1. The zero-order valence-electron chi connectivity index (χ0n) is 11.5. The maximum Gasteiger partial charge on any atom is 0.352 e. The highest BCUT2D eigenvalue weighted by atomic mass is 16.6. The molecule has 0 spiro atoms. The first-order valence-electron chi connectivity index (χ1n) is 6.97. The van der Waals surface area contributed by atoms with Gasteiger partial charge in [-0.15, -0.1) is 0 Å². The number of pyridine rings is 1. The number of nitrogens with zero attached hydrogens (tertiary/aromatic N) is 4. The van der Waals surface area contributed by atoms with Gasteiger partial charge in [0, 0.05) is 18.5 Å². The second kappa shape index (κ2) is 5.61. The van der Waals surface area contributed by atoms with E-state index in [2.05, 4.69) is 9.88 Å². The zero-order chi connectivity index (χ0) is 14.8. The summed E-state index contributed by atoms with van der Waals surface area (Å²) in [6.07, 6.45) is 4.28. The maximum atomic E-state index is 11.3. The van der Waals surface area contributed by atoms with E-state index < -0.39 is 0 Å². The second-order valence-corrected chi connectivity index (χ2v) is 5.32. The number of aromatic nitrogens is 2. The van der Waals surface area contributed by atoms with Crippen LogP contribution < -0.4 is 0 Å². The van der Waals surface area contributed by atoms with Gasteiger partial charge in [0.15, 0.2) is 5.69 Å². The fourth-order valence-corrected chi connectivity index (χ4v) is 2.79. The fourth-order valence-electron chi connectivity index (χ4n) is 2.79. The number of aldehydes is 1. The monoisotopic (exact) mass is 288 g/mol. The van der Waals surface area contributed by atoms with Crippen molar-refractivity contribution < 1.29 is 9.72 Å². The van der Waals surface area contributed by atoms with Gasteiger partial charge >= 0.3 is 5.82 Å². The first kappa shape index (κ1) is 13.7. The van der Waals surface area contributed by atoms with Gasteiger partial charge in [0.1, 0.15) is 6.29 Å². The predicted molar refractivity (Wildman–Crippen MR) is 75.9 cm³/mol. The Morgan fingerprint density at radius 3 is 2.81 bits per heavy atom. The van der Waals surface area contributed by atoms with Crippen LogP contribution in [-0.4, -0.2) is 38.6 Å². The number of rotatable bonds is 4. The highest BCUT2D eigenvalue weighted by Gasteiger charge is 2.26. The molecule has 0 aliphatic carbocycles. The first-order valence-corrected chi connectivity index (χ1v) is 6.97. The Kier molecular flexibility index (Phi) is 3.66. The lowest BCUT2D eigenvalue weighted by molar-refractivity contribution is -0.391. The Hall–Kier alpha value is -2.28. The largest absolute Gasteiger partial charge is 0.358 e. The molecule has 0 saturated carbocycles. The fraction of sp³-hybridized carbons (Fsp3) is 0.429. The lowest BCUT2D eigenvalue weighted by atomic mass is 9.98. The molecule has 0 atom stereocenters. The Balaban J connectivity index is 1.85. The van der Waals surface area contributed by atoms with Crippen molar-refractivity contribution in [3.05, 3.63) is 40.2 Å². The topological polar surface area (TPSA) is 80.8 Å². The third kappa shape index (κ3) is 2.64. The molecule has 0 radical (unpaired) electrons. The molecule has 21 heavy (non-hydrogen) atoms. The quantitative estimate of drug-likeness (QED) is 0.485. The van der Waals surface area contributed by atoms with E-state index >= 15 is 0 Å². The average molecular weight is 288 g/mol. The summed E-state index contributed by atoms with van der Waals surface area (Å²) in [5.41, 5.74) is 1.07. The normalized spacial score (nSPS) is 17.1. The van der Waals surface area contributed by atoms with Gasteiger partial charge in [-0.1, -0.05) is 6.07 Å².